The van der Waals surface area contributed by atoms with Gasteiger partial charge in [-0.25, -0.2) is 0 Å². The Bertz CT molecular complexity index is 393. The Labute approximate surface area is 119 Å². The third-order valence-electron chi connectivity index (χ3n) is 2.38. The molecule has 0 bridgehead atoms. The molecule has 1 amide bonds. The molecule has 0 aliphatic heterocycles. The Kier molecular flexibility index (Phi) is 6.91. The van der Waals surface area contributed by atoms with Crippen molar-refractivity contribution in [3.8, 4) is 0 Å². The fraction of sp³-hybridized carbons (Fsp3) is 0.500. The molecule has 106 valence electrons. The van der Waals surface area contributed by atoms with E-state index < -0.39 is 0 Å². The smallest absolute Gasteiger partial charge is 0.221 e. The zero-order valence-corrected chi connectivity index (χ0v) is 12.5. The first-order chi connectivity index (χ1) is 8.97. The summed E-state index contributed by atoms with van der Waals surface area (Å²) < 4.78 is 0. The van der Waals surface area contributed by atoms with Crippen molar-refractivity contribution in [2.75, 3.05) is 17.6 Å². The number of benzene rings is 1. The summed E-state index contributed by atoms with van der Waals surface area (Å²) in [5.74, 6) is 0.578. The van der Waals surface area contributed by atoms with Gasteiger partial charge in [0.05, 0.1) is 6.10 Å². The van der Waals surface area contributed by atoms with E-state index in [4.69, 9.17) is 0 Å². The number of anilines is 1. The minimum atomic E-state index is -0.359. The van der Waals surface area contributed by atoms with Crippen LogP contribution in [0.5, 0.6) is 0 Å². The lowest BCUT2D eigenvalue weighted by Crippen LogP contribution is -2.33. The molecule has 1 rings (SSSR count). The molecule has 0 aliphatic carbocycles. The molecular weight excluding hydrogens is 260 g/mol. The van der Waals surface area contributed by atoms with Gasteiger partial charge in [0.25, 0.3) is 0 Å². The van der Waals surface area contributed by atoms with Gasteiger partial charge in [-0.3, -0.25) is 4.79 Å². The summed E-state index contributed by atoms with van der Waals surface area (Å²) >= 11 is 1.61. The molecule has 0 saturated carbocycles. The van der Waals surface area contributed by atoms with E-state index in [1.807, 2.05) is 24.3 Å². The summed E-state index contributed by atoms with van der Waals surface area (Å²) in [6.07, 6.45) is -0.359. The van der Waals surface area contributed by atoms with Gasteiger partial charge in [0.1, 0.15) is 0 Å². The average Bonchev–Trinajstić information content (AvgIpc) is 2.35. The van der Waals surface area contributed by atoms with E-state index in [9.17, 15) is 9.90 Å². The van der Waals surface area contributed by atoms with E-state index in [0.717, 1.165) is 10.6 Å². The van der Waals surface area contributed by atoms with Gasteiger partial charge in [-0.2, -0.15) is 0 Å². The third kappa shape index (κ3) is 7.20. The van der Waals surface area contributed by atoms with E-state index in [1.54, 1.807) is 11.8 Å². The highest BCUT2D eigenvalue weighted by atomic mass is 32.2. The van der Waals surface area contributed by atoms with Crippen LogP contribution in [0.1, 0.15) is 20.8 Å². The van der Waals surface area contributed by atoms with Gasteiger partial charge in [0.15, 0.2) is 0 Å². The molecule has 4 nitrogen and oxygen atoms in total. The Morgan fingerprint density at radius 1 is 1.32 bits per heavy atom. The minimum Gasteiger partial charge on any atom is -0.391 e. The monoisotopic (exact) mass is 282 g/mol. The van der Waals surface area contributed by atoms with Crippen LogP contribution < -0.4 is 10.6 Å². The van der Waals surface area contributed by atoms with Crippen LogP contribution in [0.4, 0.5) is 5.69 Å². The molecule has 1 aromatic rings. The Hall–Kier alpha value is -1.04. The lowest BCUT2D eigenvalue weighted by atomic mass is 10.3. The van der Waals surface area contributed by atoms with Crippen LogP contribution >= 0.6 is 11.8 Å². The summed E-state index contributed by atoms with van der Waals surface area (Å²) in [5.41, 5.74) is 0.791. The van der Waals surface area contributed by atoms with Crippen molar-refractivity contribution >= 4 is 23.4 Å². The number of carbonyl (C=O) groups is 1. The van der Waals surface area contributed by atoms with Gasteiger partial charge in [0.2, 0.25) is 5.91 Å². The molecule has 0 heterocycles. The van der Waals surface area contributed by atoms with Crippen molar-refractivity contribution in [2.24, 2.45) is 0 Å². The summed E-state index contributed by atoms with van der Waals surface area (Å²) in [6.45, 7) is 6.20. The molecule has 19 heavy (non-hydrogen) atoms. The summed E-state index contributed by atoms with van der Waals surface area (Å²) in [4.78, 5) is 12.0. The number of hydrogen-bond acceptors (Lipinski definition) is 4. The highest BCUT2D eigenvalue weighted by Gasteiger charge is 2.06. The van der Waals surface area contributed by atoms with Gasteiger partial charge in [0, 0.05) is 35.8 Å². The molecule has 0 fully saturated rings. The Balaban J connectivity index is 2.35. The first-order valence-corrected chi connectivity index (χ1v) is 7.38. The number of aliphatic hydroxyl groups excluding tert-OH is 1. The van der Waals surface area contributed by atoms with Crippen LogP contribution in [-0.2, 0) is 4.79 Å². The second-order valence-corrected chi connectivity index (χ2v) is 5.83. The van der Waals surface area contributed by atoms with E-state index >= 15 is 0 Å². The Morgan fingerprint density at radius 3 is 2.47 bits per heavy atom. The summed E-state index contributed by atoms with van der Waals surface area (Å²) in [5, 5.41) is 15.7. The first kappa shape index (κ1) is 16.0. The number of aliphatic hydroxyl groups is 1. The van der Waals surface area contributed by atoms with Crippen molar-refractivity contribution in [1.29, 1.82) is 0 Å². The predicted molar refractivity (Wildman–Crippen MR) is 80.6 cm³/mol. The van der Waals surface area contributed by atoms with Crippen molar-refractivity contribution in [1.82, 2.24) is 5.32 Å². The molecule has 0 radical (unpaired) electrons. The highest BCUT2D eigenvalue weighted by molar-refractivity contribution is 7.99. The van der Waals surface area contributed by atoms with Gasteiger partial charge < -0.3 is 15.7 Å². The lowest BCUT2D eigenvalue weighted by Gasteiger charge is -2.13. The second-order valence-electron chi connectivity index (χ2n) is 4.73. The summed E-state index contributed by atoms with van der Waals surface area (Å²) in [7, 11) is 0. The zero-order chi connectivity index (χ0) is 14.3. The van der Waals surface area contributed by atoms with Gasteiger partial charge >= 0.3 is 0 Å². The first-order valence-electron chi connectivity index (χ1n) is 6.39. The largest absolute Gasteiger partial charge is 0.391 e. The molecule has 0 saturated heterocycles. The predicted octanol–water partition coefficient (Wildman–Crippen LogP) is 2.10. The van der Waals surface area contributed by atoms with E-state index in [2.05, 4.69) is 24.5 Å². The van der Waals surface area contributed by atoms with Crippen molar-refractivity contribution in [2.45, 2.75) is 37.8 Å². The molecule has 1 atom stereocenters. The number of amides is 1. The molecule has 0 aromatic heterocycles. The van der Waals surface area contributed by atoms with Crippen LogP contribution in [0.2, 0.25) is 0 Å². The number of carbonyl (C=O) groups excluding carboxylic acids is 1. The van der Waals surface area contributed by atoms with Crippen LogP contribution in [-0.4, -0.2) is 35.5 Å². The molecule has 3 N–H and O–H groups in total. The van der Waals surface area contributed by atoms with E-state index in [1.165, 1.54) is 6.92 Å². The van der Waals surface area contributed by atoms with Gasteiger partial charge in [-0.05, 0) is 24.3 Å². The van der Waals surface area contributed by atoms with Crippen LogP contribution in [0.15, 0.2) is 29.2 Å². The fourth-order valence-electron chi connectivity index (χ4n) is 1.46. The number of nitrogens with one attached hydrogen (secondary N) is 2. The maximum Gasteiger partial charge on any atom is 0.221 e. The van der Waals surface area contributed by atoms with Gasteiger partial charge in [-0.15, -0.1) is 11.8 Å². The quantitative estimate of drug-likeness (QED) is 0.670. The molecule has 0 aliphatic rings. The topological polar surface area (TPSA) is 61.4 Å². The van der Waals surface area contributed by atoms with Gasteiger partial charge in [-0.1, -0.05) is 13.8 Å². The minimum absolute atomic E-state index is 0.0735. The van der Waals surface area contributed by atoms with Crippen LogP contribution in [0.3, 0.4) is 0 Å². The maximum atomic E-state index is 10.9. The molecule has 0 spiro atoms. The molecule has 1 aromatic carbocycles. The lowest BCUT2D eigenvalue weighted by molar-refractivity contribution is -0.114. The number of rotatable bonds is 7. The third-order valence-corrected chi connectivity index (χ3v) is 3.54. The summed E-state index contributed by atoms with van der Waals surface area (Å²) in [6, 6.07) is 8.00. The molecule has 1 unspecified atom stereocenters. The zero-order valence-electron chi connectivity index (χ0n) is 11.6. The standard InChI is InChI=1S/C14H22N2O2S/c1-10(2)15-8-13(18)9-19-14-6-4-12(5-7-14)16-11(3)17/h4-7,10,13,15,18H,8-9H2,1-3H3,(H,16,17). The number of hydrogen-bond donors (Lipinski definition) is 3. The SMILES string of the molecule is CC(=O)Nc1ccc(SCC(O)CNC(C)C)cc1. The highest BCUT2D eigenvalue weighted by Crippen LogP contribution is 2.21. The molecule has 5 heteroatoms. The van der Waals surface area contributed by atoms with Crippen molar-refractivity contribution < 1.29 is 9.90 Å². The van der Waals surface area contributed by atoms with Crippen LogP contribution in [0.25, 0.3) is 0 Å². The maximum absolute atomic E-state index is 10.9. The molecular formula is C14H22N2O2S. The Morgan fingerprint density at radius 2 is 1.95 bits per heavy atom. The fourth-order valence-corrected chi connectivity index (χ4v) is 2.29. The van der Waals surface area contributed by atoms with Crippen molar-refractivity contribution in [3.05, 3.63) is 24.3 Å². The van der Waals surface area contributed by atoms with E-state index in [-0.39, 0.29) is 12.0 Å². The second kappa shape index (κ2) is 8.19. The van der Waals surface area contributed by atoms with Crippen molar-refractivity contribution in [3.63, 3.8) is 0 Å². The normalized spacial score (nSPS) is 12.5. The van der Waals surface area contributed by atoms with E-state index in [0.29, 0.717) is 18.3 Å². The number of thioether (sulfide) groups is 1. The van der Waals surface area contributed by atoms with Crippen LogP contribution in [0, 0.1) is 0 Å². The average molecular weight is 282 g/mol.